The summed E-state index contributed by atoms with van der Waals surface area (Å²) < 4.78 is 22.9. The molecule has 93 heavy (non-hydrogen) atoms. The minimum atomic E-state index is -1.79. The molecule has 0 radical (unpaired) electrons. The smallest absolute Gasteiger partial charge is 0.220 e. The monoisotopic (exact) mass is 1320 g/mol. The van der Waals surface area contributed by atoms with Crippen LogP contribution in [-0.2, 0) is 23.7 Å². The van der Waals surface area contributed by atoms with Crippen LogP contribution >= 0.6 is 0 Å². The van der Waals surface area contributed by atoms with Crippen molar-refractivity contribution in [3.05, 3.63) is 12.2 Å². The fourth-order valence-electron chi connectivity index (χ4n) is 13.8. The molecule has 0 spiro atoms. The van der Waals surface area contributed by atoms with Crippen LogP contribution in [0, 0.1) is 0 Å². The van der Waals surface area contributed by atoms with Gasteiger partial charge in [-0.05, 0) is 19.3 Å². The van der Waals surface area contributed by atoms with E-state index in [1.807, 2.05) is 6.08 Å². The molecule has 12 unspecified atom stereocenters. The van der Waals surface area contributed by atoms with E-state index < -0.39 is 86.8 Å². The van der Waals surface area contributed by atoms with Gasteiger partial charge in [0.2, 0.25) is 5.91 Å². The number of allylic oxidation sites excluding steroid dienone is 1. The normalized spacial score (nSPS) is 22.5. The Morgan fingerprint density at radius 3 is 0.989 bits per heavy atom. The average molecular weight is 1330 g/mol. The number of hydrogen-bond acceptors (Lipinski definition) is 13. The van der Waals surface area contributed by atoms with Crippen molar-refractivity contribution in [3.63, 3.8) is 0 Å². The Labute approximate surface area is 571 Å². The maximum absolute atomic E-state index is 13.4. The first-order chi connectivity index (χ1) is 45.6. The molecule has 0 saturated carbocycles. The van der Waals surface area contributed by atoms with Crippen molar-refractivity contribution in [2.45, 2.75) is 466 Å². The molecule has 552 valence electrons. The van der Waals surface area contributed by atoms with Gasteiger partial charge in [-0.25, -0.2) is 0 Å². The lowest BCUT2D eigenvalue weighted by atomic mass is 9.97. The van der Waals surface area contributed by atoms with Crippen molar-refractivity contribution >= 4 is 5.91 Å². The maximum atomic E-state index is 13.4. The van der Waals surface area contributed by atoms with Crippen LogP contribution in [0.15, 0.2) is 12.2 Å². The van der Waals surface area contributed by atoms with E-state index in [0.29, 0.717) is 0 Å². The Morgan fingerprint density at radius 1 is 0.376 bits per heavy atom. The maximum Gasteiger partial charge on any atom is 0.220 e. The third-order valence-corrected chi connectivity index (χ3v) is 20.2. The second kappa shape index (κ2) is 64.1. The number of nitrogens with one attached hydrogen (secondary N) is 1. The zero-order chi connectivity index (χ0) is 67.3. The second-order valence-corrected chi connectivity index (χ2v) is 28.9. The van der Waals surface area contributed by atoms with Crippen LogP contribution in [0.4, 0.5) is 0 Å². The van der Waals surface area contributed by atoms with E-state index in [2.05, 4.69) is 19.2 Å². The van der Waals surface area contributed by atoms with E-state index in [1.54, 1.807) is 6.08 Å². The Balaban J connectivity index is 1.60. The Hall–Kier alpha value is -1.27. The van der Waals surface area contributed by atoms with Gasteiger partial charge >= 0.3 is 0 Å². The first kappa shape index (κ1) is 87.8. The zero-order valence-electron chi connectivity index (χ0n) is 60.5. The van der Waals surface area contributed by atoms with Crippen molar-refractivity contribution < 1.29 is 64.6 Å². The standard InChI is InChI=1S/C79H153NO13/c1-3-5-7-9-11-13-15-17-19-21-23-25-27-29-30-31-32-33-34-35-36-37-39-41-43-45-47-49-51-53-55-57-59-61-63-71(84)80-67(66-90-78-76(89)74(87)77(70(65-82)92-78)93-79-75(88)73(86)72(85)69(64-81)91-79)68(83)62-60-58-56-54-52-50-48-46-44-42-40-38-28-26-24-22-20-18-16-14-12-10-8-6-4-2/h60,62,67-70,72-79,81-83,85-89H,3-59,61,63-66H2,1-2H3,(H,80,84)/b62-60+. The van der Waals surface area contributed by atoms with Crippen molar-refractivity contribution in [1.29, 1.82) is 0 Å². The number of ether oxygens (including phenoxy) is 4. The van der Waals surface area contributed by atoms with Crippen molar-refractivity contribution in [1.82, 2.24) is 5.32 Å². The van der Waals surface area contributed by atoms with Gasteiger partial charge in [0.05, 0.1) is 32.0 Å². The molecule has 2 fully saturated rings. The molecule has 9 N–H and O–H groups in total. The van der Waals surface area contributed by atoms with E-state index in [4.69, 9.17) is 18.9 Å². The van der Waals surface area contributed by atoms with Crippen LogP contribution in [0.1, 0.15) is 393 Å². The highest BCUT2D eigenvalue weighted by atomic mass is 16.7. The quantitative estimate of drug-likeness (QED) is 0.0204. The minimum Gasteiger partial charge on any atom is -0.394 e. The number of amides is 1. The molecule has 2 saturated heterocycles. The first-order valence-electron chi connectivity index (χ1n) is 40.4. The van der Waals surface area contributed by atoms with Gasteiger partial charge in [0, 0.05) is 6.42 Å². The molecule has 2 heterocycles. The van der Waals surface area contributed by atoms with Crippen molar-refractivity contribution in [2.75, 3.05) is 19.8 Å². The number of aliphatic hydroxyl groups excluding tert-OH is 8. The summed E-state index contributed by atoms with van der Waals surface area (Å²) in [6.45, 7) is 2.88. The summed E-state index contributed by atoms with van der Waals surface area (Å²) in [6.07, 6.45) is 64.5. The number of rotatable bonds is 69. The molecule has 1 amide bonds. The predicted octanol–water partition coefficient (Wildman–Crippen LogP) is 18.1. The molecular weight excluding hydrogens is 1170 g/mol. The average Bonchev–Trinajstić information content (AvgIpc) is 0.855. The van der Waals surface area contributed by atoms with E-state index in [0.717, 1.165) is 44.9 Å². The molecule has 14 nitrogen and oxygen atoms in total. The molecule has 2 aliphatic rings. The van der Waals surface area contributed by atoms with Gasteiger partial charge in [-0.1, -0.05) is 379 Å². The summed E-state index contributed by atoms with van der Waals surface area (Å²) in [5.74, 6) is -0.229. The highest BCUT2D eigenvalue weighted by Gasteiger charge is 2.51. The molecule has 2 aliphatic heterocycles. The Morgan fingerprint density at radius 2 is 0.667 bits per heavy atom. The zero-order valence-corrected chi connectivity index (χ0v) is 60.5. The van der Waals surface area contributed by atoms with Gasteiger partial charge in [-0.3, -0.25) is 4.79 Å². The van der Waals surface area contributed by atoms with Crippen LogP contribution in [0.25, 0.3) is 0 Å². The summed E-state index contributed by atoms with van der Waals surface area (Å²) in [6, 6.07) is -0.912. The molecule has 0 bridgehead atoms. The first-order valence-corrected chi connectivity index (χ1v) is 40.4. The van der Waals surface area contributed by atoms with E-state index >= 15 is 0 Å². The van der Waals surface area contributed by atoms with Gasteiger partial charge in [-0.15, -0.1) is 0 Å². The van der Waals surface area contributed by atoms with E-state index in [9.17, 15) is 45.6 Å². The highest BCUT2D eigenvalue weighted by Crippen LogP contribution is 2.30. The van der Waals surface area contributed by atoms with Crippen LogP contribution in [0.5, 0.6) is 0 Å². The van der Waals surface area contributed by atoms with Crippen LogP contribution in [-0.4, -0.2) is 140 Å². The summed E-state index contributed by atoms with van der Waals surface area (Å²) in [7, 11) is 0. The summed E-state index contributed by atoms with van der Waals surface area (Å²) >= 11 is 0. The molecule has 0 aliphatic carbocycles. The highest BCUT2D eigenvalue weighted by molar-refractivity contribution is 5.76. The van der Waals surface area contributed by atoms with Crippen molar-refractivity contribution in [3.8, 4) is 0 Å². The lowest BCUT2D eigenvalue weighted by Gasteiger charge is -2.46. The second-order valence-electron chi connectivity index (χ2n) is 28.9. The van der Waals surface area contributed by atoms with Gasteiger partial charge in [0.25, 0.3) is 0 Å². The van der Waals surface area contributed by atoms with Gasteiger partial charge < -0.3 is 65.1 Å². The molecule has 12 atom stereocenters. The fraction of sp³-hybridized carbons (Fsp3) is 0.962. The number of unbranched alkanes of at least 4 members (excludes halogenated alkanes) is 56. The largest absolute Gasteiger partial charge is 0.394 e. The summed E-state index contributed by atoms with van der Waals surface area (Å²) in [4.78, 5) is 13.4. The topological polar surface area (TPSA) is 228 Å². The summed E-state index contributed by atoms with van der Waals surface area (Å²) in [5, 5.41) is 87.7. The van der Waals surface area contributed by atoms with Gasteiger partial charge in [0.15, 0.2) is 12.6 Å². The number of carbonyl (C=O) groups is 1. The fourth-order valence-corrected chi connectivity index (χ4v) is 13.8. The lowest BCUT2D eigenvalue weighted by molar-refractivity contribution is -0.359. The molecular formula is C79H153NO13. The summed E-state index contributed by atoms with van der Waals surface area (Å²) in [5.41, 5.74) is 0. The third kappa shape index (κ3) is 47.4. The molecule has 0 aromatic carbocycles. The van der Waals surface area contributed by atoms with Crippen LogP contribution in [0.2, 0.25) is 0 Å². The van der Waals surface area contributed by atoms with E-state index in [-0.39, 0.29) is 18.9 Å². The number of hydrogen-bond donors (Lipinski definition) is 9. The third-order valence-electron chi connectivity index (χ3n) is 20.2. The Bertz CT molecular complexity index is 1610. The molecule has 0 aromatic rings. The van der Waals surface area contributed by atoms with Gasteiger partial charge in [0.1, 0.15) is 48.8 Å². The lowest BCUT2D eigenvalue weighted by Crippen LogP contribution is -2.65. The Kier molecular flexibility index (Phi) is 60.6. The predicted molar refractivity (Wildman–Crippen MR) is 383 cm³/mol. The number of aliphatic hydroxyl groups is 8. The minimum absolute atomic E-state index is 0.229. The van der Waals surface area contributed by atoms with Crippen LogP contribution < -0.4 is 5.32 Å². The molecule has 2 rings (SSSR count). The molecule has 14 heteroatoms. The van der Waals surface area contributed by atoms with Gasteiger partial charge in [-0.2, -0.15) is 0 Å². The van der Waals surface area contributed by atoms with E-state index in [1.165, 1.54) is 327 Å². The van der Waals surface area contributed by atoms with Crippen molar-refractivity contribution in [2.24, 2.45) is 0 Å². The SMILES string of the molecule is CCCCCCCCCCCCCCCCCCCCCCCCC/C=C/C(O)C(COC1OC(CO)C(OC2OC(CO)C(O)C(O)C2O)C(O)C1O)NC(=O)CCCCCCCCCCCCCCCCCCCCCCCCCCCCCCCCCCCC. The molecule has 0 aromatic heterocycles. The van der Waals surface area contributed by atoms with Crippen LogP contribution in [0.3, 0.4) is 0 Å². The number of carbonyl (C=O) groups excluding carboxylic acids is 1.